The zero-order valence-electron chi connectivity index (χ0n) is 18.0. The maximum atomic E-state index is 12.9. The number of thiazole rings is 1. The number of hydrogen-bond donors (Lipinski definition) is 1. The SMILES string of the molecule is COc1ccc(CN(C(=O)OC(C)(C)C)c2nc(C(OC(C)C)C(=O)O)cs2)cc1. The Kier molecular flexibility index (Phi) is 7.80. The van der Waals surface area contributed by atoms with Gasteiger partial charge in [-0.05, 0) is 52.3 Å². The lowest BCUT2D eigenvalue weighted by Crippen LogP contribution is -2.36. The third kappa shape index (κ3) is 6.70. The van der Waals surface area contributed by atoms with Crippen LogP contribution in [-0.2, 0) is 20.8 Å². The molecule has 0 saturated carbocycles. The minimum Gasteiger partial charge on any atom is -0.497 e. The van der Waals surface area contributed by atoms with Gasteiger partial charge in [-0.1, -0.05) is 12.1 Å². The van der Waals surface area contributed by atoms with E-state index in [-0.39, 0.29) is 18.3 Å². The van der Waals surface area contributed by atoms with Crippen molar-refractivity contribution in [2.45, 2.75) is 59.0 Å². The molecular formula is C21H28N2O6S. The summed E-state index contributed by atoms with van der Waals surface area (Å²) < 4.78 is 16.2. The van der Waals surface area contributed by atoms with Gasteiger partial charge in [-0.3, -0.25) is 0 Å². The van der Waals surface area contributed by atoms with Gasteiger partial charge in [-0.2, -0.15) is 0 Å². The van der Waals surface area contributed by atoms with Crippen LogP contribution in [0.3, 0.4) is 0 Å². The van der Waals surface area contributed by atoms with Gasteiger partial charge >= 0.3 is 12.1 Å². The van der Waals surface area contributed by atoms with Crippen LogP contribution in [0.1, 0.15) is 52.0 Å². The van der Waals surface area contributed by atoms with E-state index in [2.05, 4.69) is 4.98 Å². The van der Waals surface area contributed by atoms with Crippen LogP contribution in [0.4, 0.5) is 9.93 Å². The topological polar surface area (TPSA) is 98.2 Å². The molecular weight excluding hydrogens is 408 g/mol. The lowest BCUT2D eigenvalue weighted by Gasteiger charge is -2.26. The smallest absolute Gasteiger partial charge is 0.416 e. The van der Waals surface area contributed by atoms with Crippen LogP contribution in [0, 0.1) is 0 Å². The number of amides is 1. The second-order valence-electron chi connectivity index (χ2n) is 7.87. The lowest BCUT2D eigenvalue weighted by molar-refractivity contribution is -0.154. The van der Waals surface area contributed by atoms with Crippen molar-refractivity contribution in [3.05, 3.63) is 40.9 Å². The first-order valence-corrected chi connectivity index (χ1v) is 10.3. The molecule has 8 nitrogen and oxygen atoms in total. The summed E-state index contributed by atoms with van der Waals surface area (Å²) in [6.07, 6.45) is -2.08. The molecule has 30 heavy (non-hydrogen) atoms. The maximum Gasteiger partial charge on any atom is 0.416 e. The van der Waals surface area contributed by atoms with Gasteiger partial charge in [0.05, 0.1) is 25.5 Å². The minimum absolute atomic E-state index is 0.203. The number of hydrogen-bond acceptors (Lipinski definition) is 7. The molecule has 1 amide bonds. The normalized spacial score (nSPS) is 12.5. The van der Waals surface area contributed by atoms with E-state index in [0.717, 1.165) is 16.9 Å². The molecule has 2 rings (SSSR count). The molecule has 1 atom stereocenters. The highest BCUT2D eigenvalue weighted by atomic mass is 32.1. The summed E-state index contributed by atoms with van der Waals surface area (Å²) in [5, 5.41) is 11.4. The number of carbonyl (C=O) groups excluding carboxylic acids is 1. The Labute approximate surface area is 180 Å². The Hall–Kier alpha value is -2.65. The predicted octanol–water partition coefficient (Wildman–Crippen LogP) is 4.64. The number of methoxy groups -OCH3 is 1. The fourth-order valence-corrected chi connectivity index (χ4v) is 3.31. The van der Waals surface area contributed by atoms with Gasteiger partial charge in [0, 0.05) is 5.38 Å². The highest BCUT2D eigenvalue weighted by Crippen LogP contribution is 2.29. The molecule has 0 aliphatic rings. The number of carboxylic acid groups (broad SMARTS) is 1. The quantitative estimate of drug-likeness (QED) is 0.643. The highest BCUT2D eigenvalue weighted by molar-refractivity contribution is 7.14. The summed E-state index contributed by atoms with van der Waals surface area (Å²) in [5.74, 6) is -0.436. The summed E-state index contributed by atoms with van der Waals surface area (Å²) in [7, 11) is 1.58. The fourth-order valence-electron chi connectivity index (χ4n) is 2.49. The first kappa shape index (κ1) is 23.6. The van der Waals surface area contributed by atoms with Gasteiger partial charge in [-0.25, -0.2) is 19.5 Å². The van der Waals surface area contributed by atoms with E-state index >= 15 is 0 Å². The maximum absolute atomic E-state index is 12.9. The molecule has 0 saturated heterocycles. The Morgan fingerprint density at radius 2 is 1.83 bits per heavy atom. The number of rotatable bonds is 8. The highest BCUT2D eigenvalue weighted by Gasteiger charge is 2.29. The van der Waals surface area contributed by atoms with Crippen LogP contribution in [0.2, 0.25) is 0 Å². The van der Waals surface area contributed by atoms with E-state index < -0.39 is 23.8 Å². The molecule has 0 spiro atoms. The number of anilines is 1. The molecule has 1 N–H and O–H groups in total. The van der Waals surface area contributed by atoms with Gasteiger partial charge in [0.1, 0.15) is 11.4 Å². The van der Waals surface area contributed by atoms with Crippen LogP contribution in [-0.4, -0.2) is 41.0 Å². The van der Waals surface area contributed by atoms with Crippen molar-refractivity contribution in [1.29, 1.82) is 0 Å². The molecule has 0 aliphatic carbocycles. The number of ether oxygens (including phenoxy) is 3. The molecule has 1 unspecified atom stereocenters. The Morgan fingerprint density at radius 3 is 2.33 bits per heavy atom. The molecule has 1 aromatic carbocycles. The van der Waals surface area contributed by atoms with Crippen molar-refractivity contribution in [2.75, 3.05) is 12.0 Å². The standard InChI is InChI=1S/C21H28N2O6S/c1-13(2)28-17(18(24)25)16-12-30-19(22-16)23(20(26)29-21(3,4)5)11-14-7-9-15(27-6)10-8-14/h7-10,12-13,17H,11H2,1-6H3,(H,24,25). The molecule has 0 fully saturated rings. The fraction of sp³-hybridized carbons (Fsp3) is 0.476. The van der Waals surface area contributed by atoms with Crippen LogP contribution in [0.15, 0.2) is 29.6 Å². The molecule has 1 aromatic heterocycles. The van der Waals surface area contributed by atoms with Crippen LogP contribution >= 0.6 is 11.3 Å². The molecule has 0 radical (unpaired) electrons. The van der Waals surface area contributed by atoms with Gasteiger partial charge in [0.25, 0.3) is 0 Å². The summed E-state index contributed by atoms with van der Waals surface area (Å²) >= 11 is 1.16. The van der Waals surface area contributed by atoms with E-state index in [1.165, 1.54) is 4.90 Å². The number of nitrogens with zero attached hydrogens (tertiary/aromatic N) is 2. The van der Waals surface area contributed by atoms with Gasteiger partial charge in [0.15, 0.2) is 11.2 Å². The van der Waals surface area contributed by atoms with Crippen molar-refractivity contribution < 1.29 is 28.9 Å². The van der Waals surface area contributed by atoms with Gasteiger partial charge in [-0.15, -0.1) is 11.3 Å². The first-order chi connectivity index (χ1) is 14.0. The number of aliphatic carboxylic acids is 1. The van der Waals surface area contributed by atoms with Crippen LogP contribution in [0.25, 0.3) is 0 Å². The molecule has 0 aliphatic heterocycles. The van der Waals surface area contributed by atoms with Crippen molar-refractivity contribution in [2.24, 2.45) is 0 Å². The Morgan fingerprint density at radius 1 is 1.20 bits per heavy atom. The first-order valence-electron chi connectivity index (χ1n) is 9.47. The van der Waals surface area contributed by atoms with Crippen molar-refractivity contribution >= 4 is 28.5 Å². The van der Waals surface area contributed by atoms with E-state index in [0.29, 0.717) is 10.9 Å². The average Bonchev–Trinajstić information content (AvgIpc) is 3.12. The summed E-state index contributed by atoms with van der Waals surface area (Å²) in [6, 6.07) is 7.28. The number of benzene rings is 1. The molecule has 1 heterocycles. The van der Waals surface area contributed by atoms with Gasteiger partial charge in [0.2, 0.25) is 0 Å². The minimum atomic E-state index is -1.21. The van der Waals surface area contributed by atoms with E-state index in [9.17, 15) is 14.7 Å². The van der Waals surface area contributed by atoms with E-state index in [1.54, 1.807) is 59.2 Å². The third-order valence-electron chi connectivity index (χ3n) is 3.76. The molecule has 2 aromatic rings. The largest absolute Gasteiger partial charge is 0.497 e. The Bertz CT molecular complexity index is 857. The lowest BCUT2D eigenvalue weighted by atomic mass is 10.2. The summed E-state index contributed by atoms with van der Waals surface area (Å²) in [4.78, 5) is 30.2. The number of aromatic nitrogens is 1. The van der Waals surface area contributed by atoms with Gasteiger partial charge < -0.3 is 19.3 Å². The monoisotopic (exact) mass is 436 g/mol. The van der Waals surface area contributed by atoms with E-state index in [1.807, 2.05) is 12.1 Å². The van der Waals surface area contributed by atoms with Crippen molar-refractivity contribution in [3.8, 4) is 5.75 Å². The number of carbonyl (C=O) groups is 2. The predicted molar refractivity (Wildman–Crippen MR) is 114 cm³/mol. The number of carboxylic acids is 1. The average molecular weight is 437 g/mol. The van der Waals surface area contributed by atoms with Crippen LogP contribution < -0.4 is 9.64 Å². The summed E-state index contributed by atoms with van der Waals surface area (Å²) in [5.41, 5.74) is 0.380. The van der Waals surface area contributed by atoms with Crippen LogP contribution in [0.5, 0.6) is 5.75 Å². The zero-order valence-corrected chi connectivity index (χ0v) is 18.9. The summed E-state index contributed by atoms with van der Waals surface area (Å²) in [6.45, 7) is 9.04. The Balaban J connectivity index is 2.34. The van der Waals surface area contributed by atoms with Crippen molar-refractivity contribution in [1.82, 2.24) is 4.98 Å². The molecule has 9 heteroatoms. The second-order valence-corrected chi connectivity index (χ2v) is 8.71. The van der Waals surface area contributed by atoms with E-state index in [4.69, 9.17) is 14.2 Å². The zero-order chi connectivity index (χ0) is 22.5. The molecule has 164 valence electrons. The third-order valence-corrected chi connectivity index (χ3v) is 4.64. The van der Waals surface area contributed by atoms with Crippen molar-refractivity contribution in [3.63, 3.8) is 0 Å². The second kappa shape index (κ2) is 9.90. The molecule has 0 bridgehead atoms.